The number of carboxylic acids is 1. The number of ether oxygens (including phenoxy) is 1. The third-order valence-corrected chi connectivity index (χ3v) is 13.5. The molecule has 0 amide bonds. The van der Waals surface area contributed by atoms with E-state index in [2.05, 4.69) is 47.6 Å². The third-order valence-electron chi connectivity index (χ3n) is 13.5. The van der Waals surface area contributed by atoms with Crippen LogP contribution in [0, 0.1) is 50.2 Å². The molecule has 1 spiro atoms. The topological polar surface area (TPSA) is 87.0 Å². The fraction of sp³-hybridized carbons (Fsp3) is 0.900. The van der Waals surface area contributed by atoms with Gasteiger partial charge in [0.1, 0.15) is 5.41 Å². The number of carbonyl (C=O) groups is 1. The normalized spacial score (nSPS) is 55.6. The highest BCUT2D eigenvalue weighted by molar-refractivity contribution is 5.77. The molecule has 2 aliphatic heterocycles. The average Bonchev–Trinajstić information content (AvgIpc) is 2.74. The largest absolute Gasteiger partial charge is 0.481 e. The van der Waals surface area contributed by atoms with Gasteiger partial charge in [-0.15, -0.1) is 0 Å². The first-order valence-corrected chi connectivity index (χ1v) is 14.1. The second-order valence-electron chi connectivity index (χ2n) is 15.3. The molecule has 2 bridgehead atoms. The van der Waals surface area contributed by atoms with E-state index in [-0.39, 0.29) is 33.0 Å². The molecule has 2 saturated heterocycles. The van der Waals surface area contributed by atoms with Gasteiger partial charge in [-0.3, -0.25) is 4.79 Å². The van der Waals surface area contributed by atoms with E-state index in [0.717, 1.165) is 38.5 Å². The van der Waals surface area contributed by atoms with Gasteiger partial charge in [-0.2, -0.15) is 0 Å². The average molecular weight is 487 g/mol. The molecular weight excluding hydrogens is 440 g/mol. The van der Waals surface area contributed by atoms with Gasteiger partial charge in [-0.05, 0) is 85.4 Å². The number of hydrogen-bond acceptors (Lipinski definition) is 4. The molecule has 2 heterocycles. The molecule has 196 valence electrons. The molecule has 9 atom stereocenters. The third kappa shape index (κ3) is 2.59. The first-order chi connectivity index (χ1) is 16.1. The van der Waals surface area contributed by atoms with Crippen LogP contribution in [0.2, 0.25) is 0 Å². The van der Waals surface area contributed by atoms with E-state index in [1.165, 1.54) is 5.57 Å². The van der Waals surface area contributed by atoms with Crippen LogP contribution >= 0.6 is 0 Å². The first-order valence-electron chi connectivity index (χ1n) is 14.1. The van der Waals surface area contributed by atoms with Gasteiger partial charge in [-0.1, -0.05) is 53.2 Å². The van der Waals surface area contributed by atoms with Crippen LogP contribution in [0.3, 0.4) is 0 Å². The van der Waals surface area contributed by atoms with Crippen LogP contribution in [0.5, 0.6) is 0 Å². The Labute approximate surface area is 210 Å². The van der Waals surface area contributed by atoms with Crippen LogP contribution in [-0.2, 0) is 9.53 Å². The zero-order valence-corrected chi connectivity index (χ0v) is 22.6. The molecule has 4 saturated carbocycles. The number of carboxylic acid groups (broad SMARTS) is 1. The maximum Gasteiger partial charge on any atom is 0.312 e. The van der Waals surface area contributed by atoms with E-state index in [4.69, 9.17) is 4.74 Å². The van der Waals surface area contributed by atoms with Crippen LogP contribution in [0.25, 0.3) is 0 Å². The molecular formula is C30H46O5. The lowest BCUT2D eigenvalue weighted by atomic mass is 9.32. The Kier molecular flexibility index (Phi) is 4.71. The predicted molar refractivity (Wildman–Crippen MR) is 133 cm³/mol. The van der Waals surface area contributed by atoms with Crippen molar-refractivity contribution in [3.8, 4) is 0 Å². The Morgan fingerprint density at radius 1 is 0.971 bits per heavy atom. The van der Waals surface area contributed by atoms with Crippen molar-refractivity contribution in [2.24, 2.45) is 50.2 Å². The first kappa shape index (κ1) is 24.4. The van der Waals surface area contributed by atoms with E-state index in [1.807, 2.05) is 0 Å². The highest BCUT2D eigenvalue weighted by Gasteiger charge is 2.74. The minimum absolute atomic E-state index is 0.0526. The maximum absolute atomic E-state index is 12.8. The number of aliphatic carboxylic acids is 1. The van der Waals surface area contributed by atoms with Gasteiger partial charge in [0.2, 0.25) is 0 Å². The molecule has 3 N–H and O–H groups in total. The number of allylic oxidation sites excluding steroid dienone is 2. The molecule has 5 nitrogen and oxygen atoms in total. The fourth-order valence-electron chi connectivity index (χ4n) is 11.2. The Morgan fingerprint density at radius 2 is 1.69 bits per heavy atom. The SMILES string of the molecule is CC1(C)CC(O)C2(C(=O)O)CCC3(C)C(=CCC4C56CCC(O)(OC5)C(C)(C)C6CCC43C)C2C1. The van der Waals surface area contributed by atoms with Gasteiger partial charge in [-0.25, -0.2) is 0 Å². The van der Waals surface area contributed by atoms with Gasteiger partial charge in [0.15, 0.2) is 5.79 Å². The molecule has 5 heteroatoms. The second kappa shape index (κ2) is 6.74. The van der Waals surface area contributed by atoms with E-state index in [0.29, 0.717) is 37.7 Å². The molecule has 7 aliphatic rings. The number of aliphatic hydroxyl groups is 2. The molecule has 0 radical (unpaired) electrons. The summed E-state index contributed by atoms with van der Waals surface area (Å²) < 4.78 is 6.30. The van der Waals surface area contributed by atoms with Crippen molar-refractivity contribution in [1.82, 2.24) is 0 Å². The number of rotatable bonds is 1. The van der Waals surface area contributed by atoms with Gasteiger partial charge in [0, 0.05) is 17.3 Å². The molecule has 0 aromatic rings. The van der Waals surface area contributed by atoms with Crippen molar-refractivity contribution < 1.29 is 24.9 Å². The van der Waals surface area contributed by atoms with Crippen LogP contribution < -0.4 is 0 Å². The summed E-state index contributed by atoms with van der Waals surface area (Å²) in [6.07, 6.45) is 9.28. The van der Waals surface area contributed by atoms with Gasteiger partial charge in [0.25, 0.3) is 0 Å². The van der Waals surface area contributed by atoms with E-state index >= 15 is 0 Å². The Hall–Kier alpha value is -0.910. The van der Waals surface area contributed by atoms with Gasteiger partial charge in [0.05, 0.1) is 12.7 Å². The lowest BCUT2D eigenvalue weighted by Gasteiger charge is -2.74. The van der Waals surface area contributed by atoms with E-state index < -0.39 is 23.3 Å². The van der Waals surface area contributed by atoms with Crippen molar-refractivity contribution in [3.63, 3.8) is 0 Å². The molecule has 0 aromatic heterocycles. The van der Waals surface area contributed by atoms with Crippen LogP contribution in [0.15, 0.2) is 11.6 Å². The highest BCUT2D eigenvalue weighted by atomic mass is 16.6. The van der Waals surface area contributed by atoms with E-state index in [9.17, 15) is 20.1 Å². The molecule has 9 unspecified atom stereocenters. The van der Waals surface area contributed by atoms with Crippen molar-refractivity contribution in [2.45, 2.75) is 111 Å². The second-order valence-corrected chi connectivity index (χ2v) is 15.3. The fourth-order valence-corrected chi connectivity index (χ4v) is 11.2. The predicted octanol–water partition coefficient (Wildman–Crippen LogP) is 5.54. The number of hydrogen-bond donors (Lipinski definition) is 3. The minimum atomic E-state index is -1.06. The molecule has 6 fully saturated rings. The summed E-state index contributed by atoms with van der Waals surface area (Å²) in [6.45, 7) is 14.4. The zero-order chi connectivity index (χ0) is 25.4. The Morgan fingerprint density at radius 3 is 2.31 bits per heavy atom. The van der Waals surface area contributed by atoms with Crippen LogP contribution in [0.1, 0.15) is 99.3 Å². The zero-order valence-electron chi connectivity index (χ0n) is 22.6. The summed E-state index contributed by atoms with van der Waals surface area (Å²) in [5, 5.41) is 33.2. The Bertz CT molecular complexity index is 987. The molecule has 7 rings (SSSR count). The van der Waals surface area contributed by atoms with Crippen LogP contribution in [-0.4, -0.2) is 39.8 Å². The van der Waals surface area contributed by atoms with Crippen molar-refractivity contribution in [1.29, 1.82) is 0 Å². The Balaban J connectivity index is 1.47. The van der Waals surface area contributed by atoms with Crippen molar-refractivity contribution >= 4 is 5.97 Å². The van der Waals surface area contributed by atoms with Crippen molar-refractivity contribution in [2.75, 3.05) is 6.61 Å². The maximum atomic E-state index is 12.8. The number of aliphatic hydroxyl groups excluding tert-OH is 1. The van der Waals surface area contributed by atoms with Gasteiger partial charge >= 0.3 is 5.97 Å². The summed E-state index contributed by atoms with van der Waals surface area (Å²) in [5.41, 5.74) is -0.0347. The standard InChI is InChI=1S/C30H46O5/c1-24(2)15-19-18-7-8-21-27(6,26(18,5)11-13-29(19,23(32)33)22(31)16-24)10-9-20-25(3,4)30(34)14-12-28(20,21)17-35-30/h7,19-22,31,34H,8-17H2,1-6H3,(H,32,33). The molecule has 35 heavy (non-hydrogen) atoms. The highest BCUT2D eigenvalue weighted by Crippen LogP contribution is 2.77. The van der Waals surface area contributed by atoms with Gasteiger partial charge < -0.3 is 20.1 Å². The summed E-state index contributed by atoms with van der Waals surface area (Å²) in [5.74, 6) is -1.03. The number of fused-ring (bicyclic) bond motifs is 7. The quantitative estimate of drug-likeness (QED) is 0.424. The van der Waals surface area contributed by atoms with Crippen molar-refractivity contribution in [3.05, 3.63) is 11.6 Å². The summed E-state index contributed by atoms with van der Waals surface area (Å²) in [6, 6.07) is 0. The summed E-state index contributed by atoms with van der Waals surface area (Å²) in [4.78, 5) is 12.8. The lowest BCUT2D eigenvalue weighted by molar-refractivity contribution is -0.395. The molecule has 5 aliphatic carbocycles. The smallest absolute Gasteiger partial charge is 0.312 e. The summed E-state index contributed by atoms with van der Waals surface area (Å²) >= 11 is 0. The lowest BCUT2D eigenvalue weighted by Crippen LogP contribution is -2.73. The van der Waals surface area contributed by atoms with Crippen LogP contribution in [0.4, 0.5) is 0 Å². The summed E-state index contributed by atoms with van der Waals surface area (Å²) in [7, 11) is 0. The minimum Gasteiger partial charge on any atom is -0.481 e. The monoisotopic (exact) mass is 486 g/mol. The van der Waals surface area contributed by atoms with E-state index in [1.54, 1.807) is 0 Å². The molecule has 0 aromatic carbocycles.